The molecule has 2 heteroatoms. The van der Waals surface area contributed by atoms with Gasteiger partial charge in [0.05, 0.1) is 6.54 Å². The van der Waals surface area contributed by atoms with E-state index in [1.807, 2.05) is 30.3 Å². The van der Waals surface area contributed by atoms with Gasteiger partial charge in [-0.05, 0) is 12.0 Å². The third-order valence-corrected chi connectivity index (χ3v) is 2.12. The maximum Gasteiger partial charge on any atom is 0.146 e. The molecule has 0 heterocycles. The minimum atomic E-state index is 0.242. The molecule has 0 radical (unpaired) electrons. The molecule has 1 N–H and O–H groups in total. The van der Waals surface area contributed by atoms with Crippen molar-refractivity contribution in [3.05, 3.63) is 48.6 Å². The zero-order chi connectivity index (χ0) is 10.9. The van der Waals surface area contributed by atoms with Crippen LogP contribution in [0.5, 0.6) is 0 Å². The summed E-state index contributed by atoms with van der Waals surface area (Å²) in [7, 11) is 0. The number of benzene rings is 1. The first-order chi connectivity index (χ1) is 7.33. The second kappa shape index (κ2) is 6.96. The summed E-state index contributed by atoms with van der Waals surface area (Å²) in [6, 6.07) is 10.1. The number of rotatable bonds is 7. The summed E-state index contributed by atoms with van der Waals surface area (Å²) in [5.41, 5.74) is 1.20. The van der Waals surface area contributed by atoms with Crippen molar-refractivity contribution in [1.82, 2.24) is 5.32 Å². The van der Waals surface area contributed by atoms with Crippen LogP contribution in [-0.2, 0) is 11.3 Å². The molecule has 0 aliphatic rings. The molecule has 80 valence electrons. The van der Waals surface area contributed by atoms with Crippen molar-refractivity contribution < 1.29 is 4.79 Å². The smallest absolute Gasteiger partial charge is 0.146 e. The van der Waals surface area contributed by atoms with Crippen molar-refractivity contribution in [3.63, 3.8) is 0 Å². The second-order valence-corrected chi connectivity index (χ2v) is 3.46. The van der Waals surface area contributed by atoms with Crippen molar-refractivity contribution in [1.29, 1.82) is 0 Å². The number of carbonyl (C=O) groups is 1. The topological polar surface area (TPSA) is 29.1 Å². The quantitative estimate of drug-likeness (QED) is 0.689. The number of hydrogen-bond donors (Lipinski definition) is 1. The SMILES string of the molecule is C=CCCC(=O)CNCc1ccccc1. The third-order valence-electron chi connectivity index (χ3n) is 2.12. The summed E-state index contributed by atoms with van der Waals surface area (Å²) in [4.78, 5) is 11.3. The Morgan fingerprint density at radius 2 is 2.07 bits per heavy atom. The molecule has 0 aromatic heterocycles. The van der Waals surface area contributed by atoms with Crippen molar-refractivity contribution >= 4 is 5.78 Å². The summed E-state index contributed by atoms with van der Waals surface area (Å²) >= 11 is 0. The fourth-order valence-corrected chi connectivity index (χ4v) is 1.29. The van der Waals surface area contributed by atoms with E-state index < -0.39 is 0 Å². The van der Waals surface area contributed by atoms with Gasteiger partial charge in [-0.15, -0.1) is 6.58 Å². The molecule has 2 nitrogen and oxygen atoms in total. The molecule has 0 bridgehead atoms. The van der Waals surface area contributed by atoms with Gasteiger partial charge in [0.1, 0.15) is 5.78 Å². The van der Waals surface area contributed by atoms with E-state index in [9.17, 15) is 4.79 Å². The molecule has 1 aromatic carbocycles. The van der Waals surface area contributed by atoms with Gasteiger partial charge in [-0.2, -0.15) is 0 Å². The molecule has 0 atom stereocenters. The van der Waals surface area contributed by atoms with Gasteiger partial charge >= 0.3 is 0 Å². The summed E-state index contributed by atoms with van der Waals surface area (Å²) in [5.74, 6) is 0.242. The monoisotopic (exact) mass is 203 g/mol. The van der Waals surface area contributed by atoms with Crippen molar-refractivity contribution in [2.45, 2.75) is 19.4 Å². The van der Waals surface area contributed by atoms with Gasteiger partial charge in [0, 0.05) is 13.0 Å². The summed E-state index contributed by atoms with van der Waals surface area (Å²) in [6.45, 7) is 4.79. The Balaban J connectivity index is 2.16. The van der Waals surface area contributed by atoms with E-state index in [4.69, 9.17) is 0 Å². The highest BCUT2D eigenvalue weighted by Gasteiger charge is 1.99. The average Bonchev–Trinajstić information content (AvgIpc) is 2.28. The minimum Gasteiger partial charge on any atom is -0.306 e. The van der Waals surface area contributed by atoms with E-state index in [0.29, 0.717) is 13.0 Å². The van der Waals surface area contributed by atoms with Crippen LogP contribution in [0.1, 0.15) is 18.4 Å². The lowest BCUT2D eigenvalue weighted by atomic mass is 10.2. The van der Waals surface area contributed by atoms with E-state index in [1.165, 1.54) is 5.56 Å². The zero-order valence-electron chi connectivity index (χ0n) is 8.91. The maximum absolute atomic E-state index is 11.3. The molecule has 1 aromatic rings. The highest BCUT2D eigenvalue weighted by molar-refractivity contribution is 5.80. The fraction of sp³-hybridized carbons (Fsp3) is 0.308. The predicted molar refractivity (Wildman–Crippen MR) is 62.6 cm³/mol. The molecule has 0 amide bonds. The molecular weight excluding hydrogens is 186 g/mol. The number of Topliss-reactive ketones (excluding diaryl/α,β-unsaturated/α-hetero) is 1. The lowest BCUT2D eigenvalue weighted by molar-refractivity contribution is -0.118. The van der Waals surface area contributed by atoms with Crippen LogP contribution < -0.4 is 5.32 Å². The van der Waals surface area contributed by atoms with Gasteiger partial charge in [-0.3, -0.25) is 4.79 Å². The Kier molecular flexibility index (Phi) is 5.41. The Hall–Kier alpha value is -1.41. The molecule has 0 unspecified atom stereocenters. The van der Waals surface area contributed by atoms with E-state index >= 15 is 0 Å². The Labute approximate surface area is 91.0 Å². The molecular formula is C13H17NO. The second-order valence-electron chi connectivity index (χ2n) is 3.46. The first kappa shape index (κ1) is 11.7. The molecule has 15 heavy (non-hydrogen) atoms. The highest BCUT2D eigenvalue weighted by Crippen LogP contribution is 1.97. The Bertz CT molecular complexity index is 306. The average molecular weight is 203 g/mol. The lowest BCUT2D eigenvalue weighted by Crippen LogP contribution is -2.22. The van der Waals surface area contributed by atoms with E-state index in [0.717, 1.165) is 13.0 Å². The lowest BCUT2D eigenvalue weighted by Gasteiger charge is -2.03. The Morgan fingerprint density at radius 3 is 2.73 bits per heavy atom. The first-order valence-corrected chi connectivity index (χ1v) is 5.20. The van der Waals surface area contributed by atoms with Gasteiger partial charge in [-0.1, -0.05) is 36.4 Å². The van der Waals surface area contributed by atoms with Gasteiger partial charge in [0.25, 0.3) is 0 Å². The van der Waals surface area contributed by atoms with Gasteiger partial charge in [-0.25, -0.2) is 0 Å². The molecule has 0 spiro atoms. The van der Waals surface area contributed by atoms with Gasteiger partial charge in [0.2, 0.25) is 0 Å². The van der Waals surface area contributed by atoms with Gasteiger partial charge in [0.15, 0.2) is 0 Å². The largest absolute Gasteiger partial charge is 0.306 e. The van der Waals surface area contributed by atoms with Crippen LogP contribution in [-0.4, -0.2) is 12.3 Å². The van der Waals surface area contributed by atoms with Crippen molar-refractivity contribution in [3.8, 4) is 0 Å². The molecule has 0 aliphatic heterocycles. The summed E-state index contributed by atoms with van der Waals surface area (Å²) < 4.78 is 0. The molecule has 0 saturated carbocycles. The van der Waals surface area contributed by atoms with Crippen molar-refractivity contribution in [2.75, 3.05) is 6.54 Å². The summed E-state index contributed by atoms with van der Waals surface area (Å²) in [5, 5.41) is 3.13. The van der Waals surface area contributed by atoms with Crippen LogP contribution in [0.4, 0.5) is 0 Å². The van der Waals surface area contributed by atoms with Crippen LogP contribution in [0.25, 0.3) is 0 Å². The van der Waals surface area contributed by atoms with E-state index in [1.54, 1.807) is 6.08 Å². The number of ketones is 1. The van der Waals surface area contributed by atoms with Crippen LogP contribution >= 0.6 is 0 Å². The number of hydrogen-bond acceptors (Lipinski definition) is 2. The van der Waals surface area contributed by atoms with Gasteiger partial charge < -0.3 is 5.32 Å². The van der Waals surface area contributed by atoms with Crippen LogP contribution in [0.2, 0.25) is 0 Å². The van der Waals surface area contributed by atoms with E-state index in [2.05, 4.69) is 11.9 Å². The number of carbonyl (C=O) groups excluding carboxylic acids is 1. The van der Waals surface area contributed by atoms with Crippen molar-refractivity contribution in [2.24, 2.45) is 0 Å². The molecule has 1 rings (SSSR count). The summed E-state index contributed by atoms with van der Waals surface area (Å²) in [6.07, 6.45) is 3.13. The number of nitrogens with one attached hydrogen (secondary N) is 1. The molecule has 0 aliphatic carbocycles. The standard InChI is InChI=1S/C13H17NO/c1-2-3-9-13(15)11-14-10-12-7-5-4-6-8-12/h2,4-8,14H,1,3,9-11H2. The van der Waals surface area contributed by atoms with Crippen LogP contribution in [0, 0.1) is 0 Å². The fourth-order valence-electron chi connectivity index (χ4n) is 1.29. The van der Waals surface area contributed by atoms with Crippen LogP contribution in [0.15, 0.2) is 43.0 Å². The Morgan fingerprint density at radius 1 is 1.33 bits per heavy atom. The molecule has 0 fully saturated rings. The third kappa shape index (κ3) is 5.13. The number of allylic oxidation sites excluding steroid dienone is 1. The normalized spacial score (nSPS) is 9.87. The maximum atomic E-state index is 11.3. The zero-order valence-corrected chi connectivity index (χ0v) is 8.91. The molecule has 0 saturated heterocycles. The van der Waals surface area contributed by atoms with Crippen LogP contribution in [0.3, 0.4) is 0 Å². The van der Waals surface area contributed by atoms with E-state index in [-0.39, 0.29) is 5.78 Å². The minimum absolute atomic E-state index is 0.242. The first-order valence-electron chi connectivity index (χ1n) is 5.20. The predicted octanol–water partition coefficient (Wildman–Crippen LogP) is 2.31. The highest BCUT2D eigenvalue weighted by atomic mass is 16.1.